The summed E-state index contributed by atoms with van der Waals surface area (Å²) in [4.78, 5) is 11.1. The van der Waals surface area contributed by atoms with Gasteiger partial charge in [0.15, 0.2) is 0 Å². The number of carbonyl (C=O) groups excluding carboxylic acids is 1. The van der Waals surface area contributed by atoms with Crippen LogP contribution in [0.25, 0.3) is 0 Å². The topological polar surface area (TPSA) is 72.5 Å². The lowest BCUT2D eigenvalue weighted by molar-refractivity contribution is -0.137. The van der Waals surface area contributed by atoms with Crippen LogP contribution in [0.2, 0.25) is 5.02 Å². The van der Waals surface area contributed by atoms with Crippen molar-refractivity contribution in [1.29, 1.82) is 0 Å². The molecule has 0 atom stereocenters. The van der Waals surface area contributed by atoms with Crippen molar-refractivity contribution in [3.63, 3.8) is 0 Å². The zero-order valence-corrected chi connectivity index (χ0v) is 14.9. The average Bonchev–Trinajstić information content (AvgIpc) is 2.58. The molecular weight excluding hydrogens is 395 g/mol. The monoisotopic (exact) mass is 407 g/mol. The standard InChI is InChI=1S/C16H13ClF3NO4S/c1-25-15(22)11-4-7-14(13(17)8-11)26(23,24)21-9-10-2-5-12(6-3-10)16(18,19)20/h2-8,21H,9H2,1H3. The van der Waals surface area contributed by atoms with Crippen molar-refractivity contribution in [2.24, 2.45) is 0 Å². The molecule has 2 rings (SSSR count). The van der Waals surface area contributed by atoms with E-state index >= 15 is 0 Å². The lowest BCUT2D eigenvalue weighted by Crippen LogP contribution is -2.23. The van der Waals surface area contributed by atoms with E-state index in [1.165, 1.54) is 25.3 Å². The van der Waals surface area contributed by atoms with Gasteiger partial charge in [0.25, 0.3) is 0 Å². The van der Waals surface area contributed by atoms with Crippen molar-refractivity contribution >= 4 is 27.6 Å². The summed E-state index contributed by atoms with van der Waals surface area (Å²) in [5.74, 6) is -0.673. The molecule has 0 aromatic heterocycles. The highest BCUT2D eigenvalue weighted by Gasteiger charge is 2.30. The molecule has 5 nitrogen and oxygen atoms in total. The molecule has 0 unspecified atom stereocenters. The number of halogens is 4. The Morgan fingerprint density at radius 2 is 1.77 bits per heavy atom. The number of ether oxygens (including phenoxy) is 1. The molecule has 140 valence electrons. The molecule has 10 heteroatoms. The zero-order valence-electron chi connectivity index (χ0n) is 13.3. The highest BCUT2D eigenvalue weighted by Crippen LogP contribution is 2.29. The third-order valence-corrected chi connectivity index (χ3v) is 5.27. The van der Waals surface area contributed by atoms with Crippen LogP contribution in [0.15, 0.2) is 47.4 Å². The van der Waals surface area contributed by atoms with Gasteiger partial charge in [-0.05, 0) is 35.9 Å². The number of sulfonamides is 1. The Morgan fingerprint density at radius 3 is 2.27 bits per heavy atom. The van der Waals surface area contributed by atoms with Gasteiger partial charge >= 0.3 is 12.1 Å². The molecule has 0 aliphatic heterocycles. The molecule has 0 spiro atoms. The van der Waals surface area contributed by atoms with E-state index in [2.05, 4.69) is 9.46 Å². The van der Waals surface area contributed by atoms with Crippen LogP contribution in [0.4, 0.5) is 13.2 Å². The summed E-state index contributed by atoms with van der Waals surface area (Å²) in [5, 5.41) is -0.187. The summed E-state index contributed by atoms with van der Waals surface area (Å²) >= 11 is 5.92. The Hall–Kier alpha value is -2.10. The van der Waals surface area contributed by atoms with Crippen LogP contribution in [0, 0.1) is 0 Å². The van der Waals surface area contributed by atoms with Gasteiger partial charge in [-0.25, -0.2) is 17.9 Å². The van der Waals surface area contributed by atoms with Crippen LogP contribution < -0.4 is 4.72 Å². The second-order valence-corrected chi connectivity index (χ2v) is 7.30. The minimum atomic E-state index is -4.47. The SMILES string of the molecule is COC(=O)c1ccc(S(=O)(=O)NCc2ccc(C(F)(F)F)cc2)c(Cl)c1. The van der Waals surface area contributed by atoms with E-state index in [4.69, 9.17) is 11.6 Å². The highest BCUT2D eigenvalue weighted by molar-refractivity contribution is 7.89. The largest absolute Gasteiger partial charge is 0.465 e. The van der Waals surface area contributed by atoms with E-state index in [9.17, 15) is 26.4 Å². The van der Waals surface area contributed by atoms with Gasteiger partial charge in [0.1, 0.15) is 4.90 Å². The van der Waals surface area contributed by atoms with E-state index in [1.54, 1.807) is 0 Å². The van der Waals surface area contributed by atoms with Gasteiger partial charge < -0.3 is 4.74 Å². The summed E-state index contributed by atoms with van der Waals surface area (Å²) in [6.45, 7) is -0.227. The minimum Gasteiger partial charge on any atom is -0.465 e. The van der Waals surface area contributed by atoms with Crippen LogP contribution >= 0.6 is 11.6 Å². The maximum atomic E-state index is 12.5. The first-order chi connectivity index (χ1) is 12.0. The summed E-state index contributed by atoms with van der Waals surface area (Å²) in [6.07, 6.45) is -4.47. The molecule has 0 heterocycles. The predicted octanol–water partition coefficient (Wildman–Crippen LogP) is 3.62. The third kappa shape index (κ3) is 4.75. The van der Waals surface area contributed by atoms with Gasteiger partial charge in [-0.1, -0.05) is 23.7 Å². The Bertz CT molecular complexity index is 912. The fourth-order valence-electron chi connectivity index (χ4n) is 2.03. The number of esters is 1. The van der Waals surface area contributed by atoms with Crippen molar-refractivity contribution < 1.29 is 31.1 Å². The van der Waals surface area contributed by atoms with E-state index in [0.717, 1.165) is 24.3 Å². The first kappa shape index (κ1) is 20.2. The number of nitrogens with one attached hydrogen (secondary N) is 1. The molecule has 0 aliphatic carbocycles. The first-order valence-electron chi connectivity index (χ1n) is 7.08. The van der Waals surface area contributed by atoms with Crippen LogP contribution in [-0.4, -0.2) is 21.5 Å². The van der Waals surface area contributed by atoms with E-state index in [-0.39, 0.29) is 22.0 Å². The fourth-order valence-corrected chi connectivity index (χ4v) is 3.59. The number of alkyl halides is 3. The fraction of sp³-hybridized carbons (Fsp3) is 0.188. The smallest absolute Gasteiger partial charge is 0.416 e. The number of carbonyl (C=O) groups is 1. The van der Waals surface area contributed by atoms with E-state index in [1.807, 2.05) is 0 Å². The molecule has 0 radical (unpaired) electrons. The molecule has 26 heavy (non-hydrogen) atoms. The number of benzene rings is 2. The van der Waals surface area contributed by atoms with Crippen molar-refractivity contribution in [3.05, 3.63) is 64.2 Å². The van der Waals surface area contributed by atoms with Crippen molar-refractivity contribution in [2.45, 2.75) is 17.6 Å². The normalized spacial score (nSPS) is 12.0. The average molecular weight is 408 g/mol. The van der Waals surface area contributed by atoms with E-state index < -0.39 is 27.7 Å². The van der Waals surface area contributed by atoms with Gasteiger partial charge in [-0.3, -0.25) is 0 Å². The second kappa shape index (κ2) is 7.65. The molecule has 0 saturated heterocycles. The third-order valence-electron chi connectivity index (χ3n) is 3.39. The van der Waals surface area contributed by atoms with Gasteiger partial charge in [0.05, 0.1) is 23.3 Å². The highest BCUT2D eigenvalue weighted by atomic mass is 35.5. The number of hydrogen-bond acceptors (Lipinski definition) is 4. The van der Waals surface area contributed by atoms with Crippen LogP contribution in [0.5, 0.6) is 0 Å². The van der Waals surface area contributed by atoms with Gasteiger partial charge in [0, 0.05) is 6.54 Å². The Balaban J connectivity index is 2.15. The predicted molar refractivity (Wildman–Crippen MR) is 88.3 cm³/mol. The first-order valence-corrected chi connectivity index (χ1v) is 8.94. The Morgan fingerprint density at radius 1 is 1.15 bits per heavy atom. The van der Waals surface area contributed by atoms with Crippen molar-refractivity contribution in [1.82, 2.24) is 4.72 Å². The summed E-state index contributed by atoms with van der Waals surface area (Å²) in [6, 6.07) is 7.61. The van der Waals surface area contributed by atoms with Gasteiger partial charge in [-0.2, -0.15) is 13.2 Å². The molecule has 1 N–H and O–H groups in total. The number of hydrogen-bond donors (Lipinski definition) is 1. The molecule has 2 aromatic carbocycles. The quantitative estimate of drug-likeness (QED) is 0.768. The summed E-state index contributed by atoms with van der Waals surface area (Å²) in [5.41, 5.74) is -0.409. The second-order valence-electron chi connectivity index (χ2n) is 5.16. The number of rotatable bonds is 5. The van der Waals surface area contributed by atoms with Gasteiger partial charge in [0.2, 0.25) is 10.0 Å². The zero-order chi connectivity index (χ0) is 19.5. The summed E-state index contributed by atoms with van der Waals surface area (Å²) < 4.78 is 68.9. The van der Waals surface area contributed by atoms with Crippen molar-refractivity contribution in [2.75, 3.05) is 7.11 Å². The lowest BCUT2D eigenvalue weighted by Gasteiger charge is -2.10. The Labute approximate surface area is 152 Å². The van der Waals surface area contributed by atoms with Gasteiger partial charge in [-0.15, -0.1) is 0 Å². The molecule has 0 fully saturated rings. The van der Waals surface area contributed by atoms with Crippen molar-refractivity contribution in [3.8, 4) is 0 Å². The number of methoxy groups -OCH3 is 1. The lowest BCUT2D eigenvalue weighted by atomic mass is 10.1. The van der Waals surface area contributed by atoms with Crippen LogP contribution in [-0.2, 0) is 27.5 Å². The maximum absolute atomic E-state index is 12.5. The van der Waals surface area contributed by atoms with E-state index in [0.29, 0.717) is 5.56 Å². The maximum Gasteiger partial charge on any atom is 0.416 e. The van der Waals surface area contributed by atoms with Crippen LogP contribution in [0.3, 0.4) is 0 Å². The van der Waals surface area contributed by atoms with Crippen LogP contribution in [0.1, 0.15) is 21.5 Å². The molecular formula is C16H13ClF3NO4S. The molecule has 0 saturated carbocycles. The molecule has 0 amide bonds. The minimum absolute atomic E-state index is 0.0826. The molecule has 2 aromatic rings. The molecule has 0 aliphatic rings. The molecule has 0 bridgehead atoms. The Kier molecular flexibility index (Phi) is 5.94. The summed E-state index contributed by atoms with van der Waals surface area (Å²) in [7, 11) is -2.86.